The van der Waals surface area contributed by atoms with Gasteiger partial charge in [0.2, 0.25) is 5.91 Å². The van der Waals surface area contributed by atoms with Crippen LogP contribution in [-0.4, -0.2) is 47.4 Å². The van der Waals surface area contributed by atoms with E-state index in [1.165, 1.54) is 225 Å². The number of ether oxygens (including phenoxy) is 1. The first-order chi connectivity index (χ1) is 36.5. The summed E-state index contributed by atoms with van der Waals surface area (Å²) in [6.45, 7) is 4.85. The van der Waals surface area contributed by atoms with Gasteiger partial charge in [0.05, 0.1) is 25.4 Å². The highest BCUT2D eigenvalue weighted by atomic mass is 16.5. The van der Waals surface area contributed by atoms with E-state index in [-0.39, 0.29) is 18.5 Å². The summed E-state index contributed by atoms with van der Waals surface area (Å²) in [4.78, 5) is 24.6. The van der Waals surface area contributed by atoms with Gasteiger partial charge in [0.15, 0.2) is 0 Å². The molecule has 2 atom stereocenters. The molecule has 0 fully saturated rings. The first-order valence-corrected chi connectivity index (χ1v) is 32.6. The predicted octanol–water partition coefficient (Wildman–Crippen LogP) is 20.7. The van der Waals surface area contributed by atoms with Crippen molar-refractivity contribution in [3.05, 3.63) is 60.8 Å². The standard InChI is InChI=1S/C68H125NO5/c1-3-5-7-9-11-13-15-17-19-21-22-23-25-29-32-36-40-44-48-52-56-60-66(71)65(64-70)69-67(72)61-57-53-49-45-41-37-33-30-26-24-27-31-35-39-43-47-51-55-59-63-74-68(73)62-58-54-50-46-42-38-34-28-20-18-16-14-12-10-8-6-4-2/h12,14,18,20,31,35,39,43,56,60,65-66,70-71H,3-11,13,15-17,19,21-30,32-34,36-38,40-42,44-55,57-59,61-64H2,1-2H3,(H,69,72)/b14-12-,20-18-,35-31-,43-39-,60-56+. The number of unbranched alkanes of at least 4 members (excludes halogenated alkanes) is 42. The zero-order valence-corrected chi connectivity index (χ0v) is 49.3. The molecule has 0 aromatic rings. The lowest BCUT2D eigenvalue weighted by atomic mass is 10.0. The molecule has 0 saturated heterocycles. The van der Waals surface area contributed by atoms with E-state index in [1.54, 1.807) is 6.08 Å². The number of rotatable bonds is 60. The van der Waals surface area contributed by atoms with Crippen molar-refractivity contribution in [1.29, 1.82) is 0 Å². The molecule has 0 aliphatic heterocycles. The second-order valence-electron chi connectivity index (χ2n) is 22.1. The van der Waals surface area contributed by atoms with Gasteiger partial charge in [-0.05, 0) is 96.3 Å². The van der Waals surface area contributed by atoms with Gasteiger partial charge in [-0.1, -0.05) is 286 Å². The highest BCUT2D eigenvalue weighted by molar-refractivity contribution is 5.76. The molecule has 1 amide bonds. The number of carbonyl (C=O) groups is 2. The molecular formula is C68H125NO5. The Morgan fingerprint density at radius 1 is 0.392 bits per heavy atom. The molecule has 0 heterocycles. The highest BCUT2D eigenvalue weighted by Gasteiger charge is 2.18. The Balaban J connectivity index is 3.51. The van der Waals surface area contributed by atoms with Gasteiger partial charge in [0.1, 0.15) is 0 Å². The zero-order valence-electron chi connectivity index (χ0n) is 49.3. The second kappa shape index (κ2) is 63.1. The summed E-state index contributed by atoms with van der Waals surface area (Å²) in [5.41, 5.74) is 0. The minimum absolute atomic E-state index is 0.0221. The summed E-state index contributed by atoms with van der Waals surface area (Å²) in [5.74, 6) is -0.0984. The fourth-order valence-corrected chi connectivity index (χ4v) is 9.77. The van der Waals surface area contributed by atoms with Gasteiger partial charge in [-0.25, -0.2) is 0 Å². The van der Waals surface area contributed by atoms with Crippen LogP contribution in [0.15, 0.2) is 60.8 Å². The molecule has 3 N–H and O–H groups in total. The number of aliphatic hydroxyl groups excluding tert-OH is 2. The summed E-state index contributed by atoms with van der Waals surface area (Å²) in [6.07, 6.45) is 82.6. The van der Waals surface area contributed by atoms with Gasteiger partial charge in [-0.3, -0.25) is 9.59 Å². The number of aliphatic hydroxyl groups is 2. The van der Waals surface area contributed by atoms with E-state index in [4.69, 9.17) is 4.74 Å². The van der Waals surface area contributed by atoms with Crippen LogP contribution in [0.2, 0.25) is 0 Å². The van der Waals surface area contributed by atoms with Crippen LogP contribution in [0.25, 0.3) is 0 Å². The molecule has 0 saturated carbocycles. The zero-order chi connectivity index (χ0) is 53.6. The van der Waals surface area contributed by atoms with E-state index < -0.39 is 12.1 Å². The lowest BCUT2D eigenvalue weighted by molar-refractivity contribution is -0.143. The number of carbonyl (C=O) groups excluding carboxylic acids is 2. The van der Waals surface area contributed by atoms with E-state index in [0.29, 0.717) is 19.4 Å². The highest BCUT2D eigenvalue weighted by Crippen LogP contribution is 2.17. The third-order valence-corrected chi connectivity index (χ3v) is 14.8. The van der Waals surface area contributed by atoms with Gasteiger partial charge in [0, 0.05) is 12.8 Å². The molecule has 2 unspecified atom stereocenters. The van der Waals surface area contributed by atoms with Gasteiger partial charge in [-0.2, -0.15) is 0 Å². The van der Waals surface area contributed by atoms with Gasteiger partial charge >= 0.3 is 5.97 Å². The Kier molecular flexibility index (Phi) is 61.0. The third-order valence-electron chi connectivity index (χ3n) is 14.8. The van der Waals surface area contributed by atoms with Crippen LogP contribution in [0, 0.1) is 0 Å². The van der Waals surface area contributed by atoms with E-state index in [2.05, 4.69) is 67.8 Å². The smallest absolute Gasteiger partial charge is 0.305 e. The molecule has 0 aliphatic rings. The van der Waals surface area contributed by atoms with Crippen molar-refractivity contribution in [2.24, 2.45) is 0 Å². The molecule has 0 aromatic heterocycles. The topological polar surface area (TPSA) is 95.9 Å². The van der Waals surface area contributed by atoms with Crippen LogP contribution < -0.4 is 5.32 Å². The average molecular weight is 1040 g/mol. The Bertz CT molecular complexity index is 1290. The van der Waals surface area contributed by atoms with Gasteiger partial charge < -0.3 is 20.3 Å². The first kappa shape index (κ1) is 71.6. The van der Waals surface area contributed by atoms with Crippen molar-refractivity contribution in [3.8, 4) is 0 Å². The van der Waals surface area contributed by atoms with Gasteiger partial charge in [0.25, 0.3) is 0 Å². The molecule has 0 spiro atoms. The normalized spacial score (nSPS) is 13.0. The summed E-state index contributed by atoms with van der Waals surface area (Å²) in [6, 6.07) is -0.638. The Labute approximate surface area is 460 Å². The molecular weight excluding hydrogens is 911 g/mol. The summed E-state index contributed by atoms with van der Waals surface area (Å²) < 4.78 is 5.46. The molecule has 6 heteroatoms. The molecule has 0 radical (unpaired) electrons. The maximum atomic E-state index is 12.5. The van der Waals surface area contributed by atoms with E-state index in [9.17, 15) is 19.8 Å². The lowest BCUT2D eigenvalue weighted by Gasteiger charge is -2.20. The summed E-state index contributed by atoms with van der Waals surface area (Å²) >= 11 is 0. The van der Waals surface area contributed by atoms with E-state index in [1.807, 2.05) is 6.08 Å². The minimum Gasteiger partial charge on any atom is -0.466 e. The number of esters is 1. The van der Waals surface area contributed by atoms with Crippen molar-refractivity contribution < 1.29 is 24.5 Å². The molecule has 432 valence electrons. The maximum Gasteiger partial charge on any atom is 0.305 e. The fourth-order valence-electron chi connectivity index (χ4n) is 9.77. The number of hydrogen-bond acceptors (Lipinski definition) is 5. The molecule has 0 rings (SSSR count). The van der Waals surface area contributed by atoms with Crippen molar-refractivity contribution in [2.45, 2.75) is 347 Å². The van der Waals surface area contributed by atoms with Crippen molar-refractivity contribution in [2.75, 3.05) is 13.2 Å². The Morgan fingerprint density at radius 2 is 0.716 bits per heavy atom. The molecule has 74 heavy (non-hydrogen) atoms. The minimum atomic E-state index is -0.854. The third kappa shape index (κ3) is 58.8. The van der Waals surface area contributed by atoms with Crippen LogP contribution in [-0.2, 0) is 14.3 Å². The lowest BCUT2D eigenvalue weighted by Crippen LogP contribution is -2.45. The summed E-state index contributed by atoms with van der Waals surface area (Å²) in [5, 5.41) is 23.2. The number of allylic oxidation sites excluding steroid dienone is 9. The van der Waals surface area contributed by atoms with E-state index in [0.717, 1.165) is 83.5 Å². The van der Waals surface area contributed by atoms with Crippen LogP contribution in [0.3, 0.4) is 0 Å². The van der Waals surface area contributed by atoms with E-state index >= 15 is 0 Å². The molecule has 0 bridgehead atoms. The van der Waals surface area contributed by atoms with Crippen molar-refractivity contribution >= 4 is 11.9 Å². The quantitative estimate of drug-likeness (QED) is 0.0244. The fraction of sp³-hybridized carbons (Fsp3) is 0.824. The second-order valence-corrected chi connectivity index (χ2v) is 22.1. The van der Waals surface area contributed by atoms with Crippen molar-refractivity contribution in [1.82, 2.24) is 5.32 Å². The number of amides is 1. The maximum absolute atomic E-state index is 12.5. The number of nitrogens with one attached hydrogen (secondary N) is 1. The SMILES string of the molecule is CCCCC/C=C\C/C=C\CCCCCCCCCC(=O)OCCCCC/C=C\C=C/CCCCCCCCCCCCC(=O)NC(CO)C(O)/C=C/CCCCCCCCCCCCCCCCCCCCC. The van der Waals surface area contributed by atoms with Crippen LogP contribution >= 0.6 is 0 Å². The average Bonchev–Trinajstić information content (AvgIpc) is 3.40. The van der Waals surface area contributed by atoms with Crippen LogP contribution in [0.5, 0.6) is 0 Å². The predicted molar refractivity (Wildman–Crippen MR) is 324 cm³/mol. The molecule has 6 nitrogen and oxygen atoms in total. The molecule has 0 aromatic carbocycles. The van der Waals surface area contributed by atoms with Crippen LogP contribution in [0.1, 0.15) is 335 Å². The van der Waals surface area contributed by atoms with Crippen molar-refractivity contribution in [3.63, 3.8) is 0 Å². The number of hydrogen-bond donors (Lipinski definition) is 3. The largest absolute Gasteiger partial charge is 0.466 e. The monoisotopic (exact) mass is 1040 g/mol. The van der Waals surface area contributed by atoms with Gasteiger partial charge in [-0.15, -0.1) is 0 Å². The van der Waals surface area contributed by atoms with Crippen LogP contribution in [0.4, 0.5) is 0 Å². The first-order valence-electron chi connectivity index (χ1n) is 32.6. The Hall–Kier alpha value is -2.44. The molecule has 0 aliphatic carbocycles. The Morgan fingerprint density at radius 3 is 1.14 bits per heavy atom. The summed E-state index contributed by atoms with van der Waals surface area (Å²) in [7, 11) is 0.